The lowest BCUT2D eigenvalue weighted by atomic mass is 10.2. The standard InChI is InChI=1S/C22H34N8O/c1-23-21(27-18-19(20-6-4-17-31-20)29-10-2-3-11-29)24-9-12-28-13-15-30(16-14-28)22-25-7-5-8-26-22/h4-8,17,19H,2-3,9-16,18H2,1H3,(H2,23,24,27). The van der Waals surface area contributed by atoms with Gasteiger partial charge in [-0.1, -0.05) is 0 Å². The van der Waals surface area contributed by atoms with Crippen LogP contribution in [0, 0.1) is 0 Å². The first-order chi connectivity index (χ1) is 15.3. The van der Waals surface area contributed by atoms with Gasteiger partial charge in [0.05, 0.1) is 12.3 Å². The lowest BCUT2D eigenvalue weighted by Gasteiger charge is -2.34. The Morgan fingerprint density at radius 2 is 1.84 bits per heavy atom. The van der Waals surface area contributed by atoms with E-state index < -0.39 is 0 Å². The van der Waals surface area contributed by atoms with E-state index in [0.29, 0.717) is 0 Å². The Labute approximate surface area is 184 Å². The smallest absolute Gasteiger partial charge is 0.225 e. The molecule has 4 heterocycles. The van der Waals surface area contributed by atoms with Crippen molar-refractivity contribution in [3.63, 3.8) is 0 Å². The van der Waals surface area contributed by atoms with E-state index >= 15 is 0 Å². The van der Waals surface area contributed by atoms with Crippen LogP contribution in [-0.4, -0.2) is 91.7 Å². The third-order valence-electron chi connectivity index (χ3n) is 6.07. The second-order valence-electron chi connectivity index (χ2n) is 8.03. The Morgan fingerprint density at radius 3 is 2.52 bits per heavy atom. The number of nitrogens with one attached hydrogen (secondary N) is 2. The fourth-order valence-corrected chi connectivity index (χ4v) is 4.32. The van der Waals surface area contributed by atoms with Gasteiger partial charge < -0.3 is 20.0 Å². The van der Waals surface area contributed by atoms with Crippen LogP contribution in [-0.2, 0) is 0 Å². The van der Waals surface area contributed by atoms with E-state index in [4.69, 9.17) is 4.42 Å². The fraction of sp³-hybridized carbons (Fsp3) is 0.591. The number of guanidine groups is 1. The minimum atomic E-state index is 0.240. The Morgan fingerprint density at radius 1 is 1.06 bits per heavy atom. The lowest BCUT2D eigenvalue weighted by Crippen LogP contribution is -2.50. The van der Waals surface area contributed by atoms with Gasteiger partial charge in [-0.25, -0.2) is 9.97 Å². The summed E-state index contributed by atoms with van der Waals surface area (Å²) in [5.41, 5.74) is 0. The van der Waals surface area contributed by atoms with Gasteiger partial charge in [0.15, 0.2) is 5.96 Å². The molecule has 0 radical (unpaired) electrons. The zero-order chi connectivity index (χ0) is 21.3. The van der Waals surface area contributed by atoms with Crippen LogP contribution in [0.3, 0.4) is 0 Å². The van der Waals surface area contributed by atoms with Gasteiger partial charge in [0.1, 0.15) is 5.76 Å². The molecule has 2 aromatic heterocycles. The summed E-state index contributed by atoms with van der Waals surface area (Å²) in [4.78, 5) is 20.3. The summed E-state index contributed by atoms with van der Waals surface area (Å²) >= 11 is 0. The summed E-state index contributed by atoms with van der Waals surface area (Å²) < 4.78 is 5.71. The number of hydrogen-bond acceptors (Lipinski definition) is 7. The van der Waals surface area contributed by atoms with Gasteiger partial charge in [-0.15, -0.1) is 0 Å². The van der Waals surface area contributed by atoms with Crippen molar-refractivity contribution >= 4 is 11.9 Å². The van der Waals surface area contributed by atoms with E-state index in [-0.39, 0.29) is 6.04 Å². The van der Waals surface area contributed by atoms with Gasteiger partial charge in [-0.2, -0.15) is 0 Å². The van der Waals surface area contributed by atoms with Gasteiger partial charge in [0.2, 0.25) is 5.95 Å². The number of aromatic nitrogens is 2. The number of rotatable bonds is 8. The normalized spacial score (nSPS) is 19.5. The Bertz CT molecular complexity index is 783. The molecule has 0 bridgehead atoms. The number of hydrogen-bond donors (Lipinski definition) is 2. The quantitative estimate of drug-likeness (QED) is 0.481. The first kappa shape index (κ1) is 21.6. The second kappa shape index (κ2) is 11.1. The molecule has 2 aromatic rings. The van der Waals surface area contributed by atoms with Crippen molar-refractivity contribution in [2.24, 2.45) is 4.99 Å². The molecule has 0 saturated carbocycles. The predicted octanol–water partition coefficient (Wildman–Crippen LogP) is 1.19. The van der Waals surface area contributed by atoms with Crippen molar-refractivity contribution in [1.29, 1.82) is 0 Å². The molecule has 0 spiro atoms. The summed E-state index contributed by atoms with van der Waals surface area (Å²) in [6, 6.07) is 6.13. The summed E-state index contributed by atoms with van der Waals surface area (Å²) in [7, 11) is 1.83. The van der Waals surface area contributed by atoms with E-state index in [0.717, 1.165) is 76.6 Å². The molecule has 0 aromatic carbocycles. The van der Waals surface area contributed by atoms with Crippen LogP contribution in [0.2, 0.25) is 0 Å². The van der Waals surface area contributed by atoms with Crippen molar-refractivity contribution in [1.82, 2.24) is 30.4 Å². The first-order valence-electron chi connectivity index (χ1n) is 11.3. The van der Waals surface area contributed by atoms with Crippen molar-refractivity contribution in [3.8, 4) is 0 Å². The van der Waals surface area contributed by atoms with Gasteiger partial charge in [-0.05, 0) is 44.1 Å². The molecule has 9 heteroatoms. The average Bonchev–Trinajstić information content (AvgIpc) is 3.54. The van der Waals surface area contributed by atoms with Crippen molar-refractivity contribution in [2.75, 3.05) is 70.9 Å². The fourth-order valence-electron chi connectivity index (χ4n) is 4.32. The minimum absolute atomic E-state index is 0.240. The molecule has 4 rings (SSSR count). The number of nitrogens with zero attached hydrogens (tertiary/aromatic N) is 6. The number of likely N-dealkylation sites (tertiary alicyclic amines) is 1. The molecular weight excluding hydrogens is 392 g/mol. The van der Waals surface area contributed by atoms with E-state index in [2.05, 4.69) is 46.4 Å². The molecule has 2 N–H and O–H groups in total. The van der Waals surface area contributed by atoms with Gasteiger partial charge in [0.25, 0.3) is 0 Å². The third kappa shape index (κ3) is 5.95. The lowest BCUT2D eigenvalue weighted by molar-refractivity contribution is 0.215. The molecule has 2 fully saturated rings. The van der Waals surface area contributed by atoms with Crippen molar-refractivity contribution < 1.29 is 4.42 Å². The van der Waals surface area contributed by atoms with Crippen LogP contribution in [0.5, 0.6) is 0 Å². The molecule has 2 saturated heterocycles. The largest absolute Gasteiger partial charge is 0.468 e. The summed E-state index contributed by atoms with van der Waals surface area (Å²) in [6.07, 6.45) is 7.88. The van der Waals surface area contributed by atoms with Crippen LogP contribution in [0.4, 0.5) is 5.95 Å². The third-order valence-corrected chi connectivity index (χ3v) is 6.07. The number of furan rings is 1. The monoisotopic (exact) mass is 426 g/mol. The number of anilines is 1. The van der Waals surface area contributed by atoms with Crippen LogP contribution in [0.15, 0.2) is 46.3 Å². The molecule has 9 nitrogen and oxygen atoms in total. The second-order valence-corrected chi connectivity index (χ2v) is 8.03. The summed E-state index contributed by atoms with van der Waals surface area (Å²) in [5.74, 6) is 2.69. The van der Waals surface area contributed by atoms with Crippen LogP contribution in [0.25, 0.3) is 0 Å². The van der Waals surface area contributed by atoms with E-state index in [1.165, 1.54) is 12.8 Å². The maximum absolute atomic E-state index is 5.71. The van der Waals surface area contributed by atoms with Crippen molar-refractivity contribution in [2.45, 2.75) is 18.9 Å². The molecule has 168 valence electrons. The van der Waals surface area contributed by atoms with Gasteiger partial charge >= 0.3 is 0 Å². The zero-order valence-corrected chi connectivity index (χ0v) is 18.4. The van der Waals surface area contributed by atoms with Crippen molar-refractivity contribution in [3.05, 3.63) is 42.6 Å². The molecule has 1 unspecified atom stereocenters. The van der Waals surface area contributed by atoms with Crippen LogP contribution in [0.1, 0.15) is 24.6 Å². The first-order valence-corrected chi connectivity index (χ1v) is 11.3. The van der Waals surface area contributed by atoms with Crippen LogP contribution < -0.4 is 15.5 Å². The molecule has 2 aliphatic rings. The van der Waals surface area contributed by atoms with E-state index in [1.54, 1.807) is 18.7 Å². The van der Waals surface area contributed by atoms with E-state index in [1.807, 2.05) is 19.2 Å². The Kier molecular flexibility index (Phi) is 7.73. The summed E-state index contributed by atoms with van der Waals surface area (Å²) in [6.45, 7) is 8.81. The number of piperazine rings is 1. The van der Waals surface area contributed by atoms with Gasteiger partial charge in [-0.3, -0.25) is 14.8 Å². The Balaban J connectivity index is 1.18. The summed E-state index contributed by atoms with van der Waals surface area (Å²) in [5, 5.41) is 6.96. The van der Waals surface area contributed by atoms with Gasteiger partial charge in [0, 0.05) is 65.3 Å². The maximum Gasteiger partial charge on any atom is 0.225 e. The predicted molar refractivity (Wildman–Crippen MR) is 122 cm³/mol. The topological polar surface area (TPSA) is 85.1 Å². The highest BCUT2D eigenvalue weighted by Gasteiger charge is 2.25. The zero-order valence-electron chi connectivity index (χ0n) is 18.4. The molecular formula is C22H34N8O. The maximum atomic E-state index is 5.71. The highest BCUT2D eigenvalue weighted by molar-refractivity contribution is 5.79. The number of aliphatic imine (C=N–C) groups is 1. The molecule has 2 aliphatic heterocycles. The molecule has 1 atom stereocenters. The molecule has 0 aliphatic carbocycles. The van der Waals surface area contributed by atoms with Crippen LogP contribution >= 0.6 is 0 Å². The Hall–Kier alpha value is -2.65. The molecule has 0 amide bonds. The average molecular weight is 427 g/mol. The highest BCUT2D eigenvalue weighted by Crippen LogP contribution is 2.24. The van der Waals surface area contributed by atoms with E-state index in [9.17, 15) is 0 Å². The molecule has 31 heavy (non-hydrogen) atoms. The highest BCUT2D eigenvalue weighted by atomic mass is 16.3. The SMILES string of the molecule is CN=C(NCCN1CCN(c2ncccn2)CC1)NCC(c1ccco1)N1CCCC1. The minimum Gasteiger partial charge on any atom is -0.468 e.